The molecule has 0 aromatic heterocycles. The standard InChI is InChI=1S/C46H41NO15/c1-22-16-23(47-45(56)60-20-30-26-10-5-3-8-24(26)25-9-4-6-11-27(25)30)17-36(61-22)62-32-19-46(57,33(48)21-59-35(51)15-14-34(49)50)18-29-38(32)44(55)40-39(42(29)53)41(52)28-12-7-13-31(58-2)37(28)43(40)54/h3-15,22-23,30,32,36,53,55,57H,16-21H2,1-2H3,(H,47,56)(H,49,50)/b15-14-/t22-,23+,32-,36-,46-/m0/s1. The number of carboxylic acid groups (broad SMARTS) is 1. The Morgan fingerprint density at radius 1 is 0.839 bits per heavy atom. The van der Waals surface area contributed by atoms with Crippen LogP contribution < -0.4 is 10.1 Å². The molecule has 4 aromatic rings. The summed E-state index contributed by atoms with van der Waals surface area (Å²) in [5.41, 5.74) is -0.127. The van der Waals surface area contributed by atoms with Crippen LogP contribution in [0.5, 0.6) is 17.2 Å². The molecule has 5 N–H and O–H groups in total. The summed E-state index contributed by atoms with van der Waals surface area (Å²) in [5.74, 6) is -7.08. The number of benzene rings is 4. The number of carbonyl (C=O) groups excluding carboxylic acids is 5. The van der Waals surface area contributed by atoms with E-state index in [2.05, 4.69) is 5.32 Å². The minimum atomic E-state index is -2.48. The molecule has 62 heavy (non-hydrogen) atoms. The molecule has 0 spiro atoms. The average molecular weight is 848 g/mol. The number of rotatable bonds is 11. The first-order valence-corrected chi connectivity index (χ1v) is 19.8. The van der Waals surface area contributed by atoms with Crippen molar-refractivity contribution in [3.05, 3.63) is 123 Å². The molecule has 0 radical (unpaired) electrons. The number of amides is 1. The maximum atomic E-state index is 14.1. The van der Waals surface area contributed by atoms with Gasteiger partial charge in [-0.1, -0.05) is 60.7 Å². The molecule has 8 rings (SSSR count). The molecule has 1 heterocycles. The molecule has 0 bridgehead atoms. The van der Waals surface area contributed by atoms with E-state index in [0.29, 0.717) is 18.6 Å². The maximum absolute atomic E-state index is 14.1. The Morgan fingerprint density at radius 2 is 1.50 bits per heavy atom. The molecule has 1 fully saturated rings. The summed E-state index contributed by atoms with van der Waals surface area (Å²) in [5, 5.41) is 47.5. The van der Waals surface area contributed by atoms with Crippen LogP contribution in [-0.4, -0.2) is 100 Å². The number of ketones is 3. The van der Waals surface area contributed by atoms with Crippen LogP contribution in [0.2, 0.25) is 0 Å². The normalized spacial score (nSPS) is 22.4. The van der Waals surface area contributed by atoms with Gasteiger partial charge in [-0.3, -0.25) is 14.4 Å². The van der Waals surface area contributed by atoms with Crippen LogP contribution in [0.25, 0.3) is 11.1 Å². The Labute approximate surface area is 353 Å². The zero-order valence-electron chi connectivity index (χ0n) is 33.4. The van der Waals surface area contributed by atoms with Gasteiger partial charge in [0, 0.05) is 60.1 Å². The van der Waals surface area contributed by atoms with E-state index in [9.17, 15) is 44.1 Å². The summed E-state index contributed by atoms with van der Waals surface area (Å²) < 4.78 is 28.5. The third kappa shape index (κ3) is 7.56. The second kappa shape index (κ2) is 16.5. The van der Waals surface area contributed by atoms with Gasteiger partial charge >= 0.3 is 18.0 Å². The molecule has 1 saturated heterocycles. The number of phenolic OH excluding ortho intramolecular Hbond substituents is 2. The van der Waals surface area contributed by atoms with Crippen LogP contribution >= 0.6 is 0 Å². The first-order valence-electron chi connectivity index (χ1n) is 19.8. The summed E-state index contributed by atoms with van der Waals surface area (Å²) in [6.07, 6.45) is -3.84. The van der Waals surface area contributed by atoms with Crippen LogP contribution in [0.3, 0.4) is 0 Å². The Hall–Kier alpha value is -6.88. The number of carboxylic acids is 1. The lowest BCUT2D eigenvalue weighted by atomic mass is 9.72. The highest BCUT2D eigenvalue weighted by Gasteiger charge is 2.50. The van der Waals surface area contributed by atoms with Crippen molar-refractivity contribution in [3.63, 3.8) is 0 Å². The molecule has 5 atom stereocenters. The van der Waals surface area contributed by atoms with Gasteiger partial charge in [-0.15, -0.1) is 0 Å². The predicted molar refractivity (Wildman–Crippen MR) is 215 cm³/mol. The fraction of sp³-hybridized carbons (Fsp3) is 0.304. The molecule has 320 valence electrons. The fourth-order valence-corrected chi connectivity index (χ4v) is 9.00. The van der Waals surface area contributed by atoms with Crippen molar-refractivity contribution in [1.82, 2.24) is 5.32 Å². The lowest BCUT2D eigenvalue weighted by Crippen LogP contribution is -2.49. The highest BCUT2D eigenvalue weighted by Crippen LogP contribution is 2.53. The number of methoxy groups -OCH3 is 1. The molecule has 4 aliphatic rings. The number of nitrogens with one attached hydrogen (secondary N) is 1. The molecule has 16 heteroatoms. The number of esters is 1. The first-order chi connectivity index (χ1) is 29.7. The number of aliphatic hydroxyl groups is 1. The number of ether oxygens (including phenoxy) is 5. The number of alkyl carbamates (subject to hydrolysis) is 1. The SMILES string of the molecule is COc1cccc2c1C(=O)c1c(O)c3c(c(O)c1C2=O)C[C@@](O)(C(=O)COC(=O)/C=C\C(=O)O)C[C@@H]3O[C@H]1C[C@H](NC(=O)OCC2c3ccccc3-c3ccccc32)C[C@H](C)O1. The molecule has 4 aromatic carbocycles. The maximum Gasteiger partial charge on any atom is 0.407 e. The third-order valence-electron chi connectivity index (χ3n) is 11.8. The molecule has 3 aliphatic carbocycles. The minimum absolute atomic E-state index is 0.0138. The van der Waals surface area contributed by atoms with Gasteiger partial charge in [-0.2, -0.15) is 0 Å². The highest BCUT2D eigenvalue weighted by atomic mass is 16.7. The van der Waals surface area contributed by atoms with Crippen molar-refractivity contribution >= 4 is 35.4 Å². The quantitative estimate of drug-likeness (QED) is 0.0681. The fourth-order valence-electron chi connectivity index (χ4n) is 9.00. The van der Waals surface area contributed by atoms with E-state index in [1.54, 1.807) is 6.92 Å². The number of carbonyl (C=O) groups is 6. The largest absolute Gasteiger partial charge is 0.507 e. The van der Waals surface area contributed by atoms with Crippen LogP contribution in [0.1, 0.15) is 92.3 Å². The topological polar surface area (TPSA) is 242 Å². The number of hydrogen-bond acceptors (Lipinski definition) is 14. The number of Topliss-reactive ketones (excluding diaryl/α,β-unsaturated/α-hetero) is 1. The second-order valence-corrected chi connectivity index (χ2v) is 15.6. The molecule has 1 amide bonds. The Bertz CT molecular complexity index is 2540. The number of aromatic hydroxyl groups is 2. The summed E-state index contributed by atoms with van der Waals surface area (Å²) in [6.45, 7) is 0.769. The van der Waals surface area contributed by atoms with E-state index >= 15 is 0 Å². The van der Waals surface area contributed by atoms with Crippen LogP contribution in [0, 0.1) is 0 Å². The van der Waals surface area contributed by atoms with Crippen molar-refractivity contribution in [2.24, 2.45) is 0 Å². The van der Waals surface area contributed by atoms with Gasteiger partial charge in [0.2, 0.25) is 11.6 Å². The predicted octanol–water partition coefficient (Wildman–Crippen LogP) is 4.80. The smallest absolute Gasteiger partial charge is 0.407 e. The van der Waals surface area contributed by atoms with E-state index in [-0.39, 0.29) is 46.9 Å². The van der Waals surface area contributed by atoms with Crippen LogP contribution in [0.4, 0.5) is 4.79 Å². The summed E-state index contributed by atoms with van der Waals surface area (Å²) in [6, 6.07) is 19.6. The van der Waals surface area contributed by atoms with Crippen molar-refractivity contribution in [1.29, 1.82) is 0 Å². The van der Waals surface area contributed by atoms with Crippen molar-refractivity contribution in [3.8, 4) is 28.4 Å². The van der Waals surface area contributed by atoms with E-state index in [1.165, 1.54) is 25.3 Å². The van der Waals surface area contributed by atoms with Crippen LogP contribution in [-0.2, 0) is 39.8 Å². The Balaban J connectivity index is 1.06. The van der Waals surface area contributed by atoms with Crippen molar-refractivity contribution in [2.45, 2.75) is 68.7 Å². The molecule has 0 unspecified atom stereocenters. The monoisotopic (exact) mass is 847 g/mol. The molecular weight excluding hydrogens is 806 g/mol. The third-order valence-corrected chi connectivity index (χ3v) is 11.8. The molecule has 0 saturated carbocycles. The number of hydrogen-bond donors (Lipinski definition) is 5. The minimum Gasteiger partial charge on any atom is -0.507 e. The van der Waals surface area contributed by atoms with E-state index in [0.717, 1.165) is 22.3 Å². The lowest BCUT2D eigenvalue weighted by molar-refractivity contribution is -0.227. The number of aliphatic carboxylic acids is 1. The van der Waals surface area contributed by atoms with Crippen molar-refractivity contribution in [2.75, 3.05) is 20.3 Å². The van der Waals surface area contributed by atoms with E-state index in [4.69, 9.17) is 28.8 Å². The lowest BCUT2D eigenvalue weighted by Gasteiger charge is -2.41. The zero-order valence-corrected chi connectivity index (χ0v) is 33.4. The molecule has 16 nitrogen and oxygen atoms in total. The van der Waals surface area contributed by atoms with E-state index in [1.807, 2.05) is 48.5 Å². The average Bonchev–Trinajstić information content (AvgIpc) is 3.57. The first kappa shape index (κ1) is 41.8. The number of phenols is 2. The van der Waals surface area contributed by atoms with Gasteiger partial charge in [-0.25, -0.2) is 14.4 Å². The van der Waals surface area contributed by atoms with Crippen molar-refractivity contribution < 1.29 is 72.9 Å². The van der Waals surface area contributed by atoms with Gasteiger partial charge < -0.3 is 49.4 Å². The van der Waals surface area contributed by atoms with Gasteiger partial charge in [0.05, 0.1) is 36.0 Å². The Morgan fingerprint density at radius 3 is 2.18 bits per heavy atom. The highest BCUT2D eigenvalue weighted by molar-refractivity contribution is 6.31. The van der Waals surface area contributed by atoms with Gasteiger partial charge in [-0.05, 0) is 41.7 Å². The van der Waals surface area contributed by atoms with E-state index < -0.39 is 108 Å². The number of fused-ring (bicyclic) bond motifs is 6. The Kier molecular flexibility index (Phi) is 11.2. The summed E-state index contributed by atoms with van der Waals surface area (Å²) in [4.78, 5) is 78.0. The second-order valence-electron chi connectivity index (χ2n) is 15.6. The zero-order chi connectivity index (χ0) is 44.0. The molecular formula is C46H41NO15. The van der Waals surface area contributed by atoms with Gasteiger partial charge in [0.25, 0.3) is 0 Å². The van der Waals surface area contributed by atoms with Gasteiger partial charge in [0.15, 0.2) is 18.7 Å². The molecule has 1 aliphatic heterocycles. The van der Waals surface area contributed by atoms with Crippen LogP contribution in [0.15, 0.2) is 78.9 Å². The summed E-state index contributed by atoms with van der Waals surface area (Å²) >= 11 is 0. The summed E-state index contributed by atoms with van der Waals surface area (Å²) in [7, 11) is 1.30. The van der Waals surface area contributed by atoms with Gasteiger partial charge in [0.1, 0.15) is 29.5 Å².